The van der Waals surface area contributed by atoms with Crippen molar-refractivity contribution < 1.29 is 0 Å². The molecular formula is C13H10BrN3. The fraction of sp³-hybridized carbons (Fsp3) is 0.0769. The fourth-order valence-electron chi connectivity index (χ4n) is 1.50. The molecule has 0 spiro atoms. The maximum Gasteiger partial charge on any atom is 0.131 e. The van der Waals surface area contributed by atoms with Crippen LogP contribution < -0.4 is 5.32 Å². The molecule has 1 aromatic heterocycles. The Morgan fingerprint density at radius 3 is 2.76 bits per heavy atom. The molecule has 0 atom stereocenters. The van der Waals surface area contributed by atoms with E-state index >= 15 is 0 Å². The fourth-order valence-corrected chi connectivity index (χ4v) is 1.88. The van der Waals surface area contributed by atoms with Gasteiger partial charge < -0.3 is 5.32 Å². The van der Waals surface area contributed by atoms with Gasteiger partial charge in [0.25, 0.3) is 0 Å². The number of hydrogen-bond acceptors (Lipinski definition) is 3. The highest BCUT2D eigenvalue weighted by atomic mass is 79.9. The van der Waals surface area contributed by atoms with Gasteiger partial charge in [-0.05, 0) is 47.1 Å². The lowest BCUT2D eigenvalue weighted by Gasteiger charge is -2.08. The van der Waals surface area contributed by atoms with Crippen LogP contribution >= 0.6 is 15.9 Å². The summed E-state index contributed by atoms with van der Waals surface area (Å²) in [5, 5.41) is 12.1. The Hall–Kier alpha value is -1.86. The van der Waals surface area contributed by atoms with Crippen LogP contribution in [-0.2, 0) is 0 Å². The van der Waals surface area contributed by atoms with Gasteiger partial charge in [0.2, 0.25) is 0 Å². The minimum Gasteiger partial charge on any atom is -0.339 e. The van der Waals surface area contributed by atoms with Gasteiger partial charge in [0.15, 0.2) is 0 Å². The Morgan fingerprint density at radius 2 is 2.06 bits per heavy atom. The van der Waals surface area contributed by atoms with E-state index in [-0.39, 0.29) is 0 Å². The lowest BCUT2D eigenvalue weighted by atomic mass is 10.2. The van der Waals surface area contributed by atoms with Gasteiger partial charge in [0.05, 0.1) is 17.3 Å². The summed E-state index contributed by atoms with van der Waals surface area (Å²) < 4.78 is 0.960. The first kappa shape index (κ1) is 11.6. The van der Waals surface area contributed by atoms with Crippen molar-refractivity contribution in [2.24, 2.45) is 0 Å². The van der Waals surface area contributed by atoms with Gasteiger partial charge in [0.1, 0.15) is 5.82 Å². The third-order valence-electron chi connectivity index (χ3n) is 2.22. The number of aryl methyl sites for hydroxylation is 1. The summed E-state index contributed by atoms with van der Waals surface area (Å²) in [5.41, 5.74) is 2.35. The lowest BCUT2D eigenvalue weighted by Crippen LogP contribution is -1.96. The van der Waals surface area contributed by atoms with Crippen LogP contribution in [0.15, 0.2) is 40.9 Å². The highest BCUT2D eigenvalue weighted by molar-refractivity contribution is 9.10. The van der Waals surface area contributed by atoms with Crippen molar-refractivity contribution in [3.05, 3.63) is 52.1 Å². The normalized spacial score (nSPS) is 9.71. The average molecular weight is 288 g/mol. The Kier molecular flexibility index (Phi) is 3.40. The average Bonchev–Trinajstić information content (AvgIpc) is 2.31. The minimum absolute atomic E-state index is 0.604. The SMILES string of the molecule is Cc1cc(C#N)cc(Nc2ccccc2Br)n1. The monoisotopic (exact) mass is 287 g/mol. The van der Waals surface area contributed by atoms with E-state index in [1.807, 2.05) is 31.2 Å². The van der Waals surface area contributed by atoms with Crippen LogP contribution in [0.25, 0.3) is 0 Å². The minimum atomic E-state index is 0.604. The molecule has 0 saturated carbocycles. The molecule has 1 N–H and O–H groups in total. The number of aromatic nitrogens is 1. The maximum atomic E-state index is 8.89. The zero-order valence-electron chi connectivity index (χ0n) is 9.24. The van der Waals surface area contributed by atoms with Gasteiger partial charge in [-0.1, -0.05) is 12.1 Å². The number of hydrogen-bond donors (Lipinski definition) is 1. The number of pyridine rings is 1. The molecule has 84 valence electrons. The number of anilines is 2. The summed E-state index contributed by atoms with van der Waals surface area (Å²) in [5.74, 6) is 0.674. The van der Waals surface area contributed by atoms with Crippen molar-refractivity contribution in [1.82, 2.24) is 4.98 Å². The van der Waals surface area contributed by atoms with E-state index in [2.05, 4.69) is 32.3 Å². The Bertz CT molecular complexity index is 587. The van der Waals surface area contributed by atoms with E-state index in [0.717, 1.165) is 15.9 Å². The van der Waals surface area contributed by atoms with Crippen LogP contribution in [0, 0.1) is 18.3 Å². The molecule has 0 bridgehead atoms. The molecule has 4 heteroatoms. The molecule has 0 fully saturated rings. The molecule has 0 amide bonds. The standard InChI is InChI=1S/C13H10BrN3/c1-9-6-10(8-15)7-13(16-9)17-12-5-3-2-4-11(12)14/h2-7H,1H3,(H,16,17). The molecule has 2 aromatic rings. The summed E-state index contributed by atoms with van der Waals surface area (Å²) in [6.45, 7) is 1.87. The number of rotatable bonds is 2. The number of nitrogens with one attached hydrogen (secondary N) is 1. The largest absolute Gasteiger partial charge is 0.339 e. The van der Waals surface area contributed by atoms with Crippen LogP contribution in [0.2, 0.25) is 0 Å². The molecule has 2 rings (SSSR count). The van der Waals surface area contributed by atoms with E-state index in [0.29, 0.717) is 11.4 Å². The second-order valence-corrected chi connectivity index (χ2v) is 4.45. The molecular weight excluding hydrogens is 278 g/mol. The topological polar surface area (TPSA) is 48.7 Å². The number of halogens is 1. The van der Waals surface area contributed by atoms with E-state index in [1.165, 1.54) is 0 Å². The Morgan fingerprint density at radius 1 is 1.29 bits per heavy atom. The second-order valence-electron chi connectivity index (χ2n) is 3.60. The molecule has 0 aliphatic rings. The van der Waals surface area contributed by atoms with Crippen LogP contribution in [0.3, 0.4) is 0 Å². The number of nitriles is 1. The van der Waals surface area contributed by atoms with Crippen molar-refractivity contribution in [2.75, 3.05) is 5.32 Å². The van der Waals surface area contributed by atoms with Gasteiger partial charge in [-0.15, -0.1) is 0 Å². The third kappa shape index (κ3) is 2.83. The van der Waals surface area contributed by atoms with E-state index in [1.54, 1.807) is 12.1 Å². The smallest absolute Gasteiger partial charge is 0.131 e. The van der Waals surface area contributed by atoms with Crippen molar-refractivity contribution in [1.29, 1.82) is 5.26 Å². The lowest BCUT2D eigenvalue weighted by molar-refractivity contribution is 1.19. The maximum absolute atomic E-state index is 8.89. The zero-order chi connectivity index (χ0) is 12.3. The molecule has 0 aliphatic carbocycles. The van der Waals surface area contributed by atoms with Crippen molar-refractivity contribution in [3.63, 3.8) is 0 Å². The van der Waals surface area contributed by atoms with E-state index in [9.17, 15) is 0 Å². The van der Waals surface area contributed by atoms with Crippen LogP contribution in [0.5, 0.6) is 0 Å². The van der Waals surface area contributed by atoms with Crippen LogP contribution in [-0.4, -0.2) is 4.98 Å². The van der Waals surface area contributed by atoms with Gasteiger partial charge in [-0.3, -0.25) is 0 Å². The first-order valence-electron chi connectivity index (χ1n) is 5.09. The van der Waals surface area contributed by atoms with E-state index in [4.69, 9.17) is 5.26 Å². The molecule has 17 heavy (non-hydrogen) atoms. The predicted octanol–water partition coefficient (Wildman–Crippen LogP) is 3.77. The summed E-state index contributed by atoms with van der Waals surface area (Å²) in [4.78, 5) is 4.34. The molecule has 1 heterocycles. The van der Waals surface area contributed by atoms with Gasteiger partial charge in [0, 0.05) is 10.2 Å². The Balaban J connectivity index is 2.34. The predicted molar refractivity (Wildman–Crippen MR) is 71.1 cm³/mol. The van der Waals surface area contributed by atoms with Gasteiger partial charge in [-0.25, -0.2) is 4.98 Å². The van der Waals surface area contributed by atoms with Crippen molar-refractivity contribution >= 4 is 27.4 Å². The van der Waals surface area contributed by atoms with Crippen LogP contribution in [0.4, 0.5) is 11.5 Å². The zero-order valence-corrected chi connectivity index (χ0v) is 10.8. The molecule has 1 aromatic carbocycles. The molecule has 0 aliphatic heterocycles. The summed E-state index contributed by atoms with van der Waals surface area (Å²) in [7, 11) is 0. The highest BCUT2D eigenvalue weighted by Gasteiger charge is 2.02. The quantitative estimate of drug-likeness (QED) is 0.915. The van der Waals surface area contributed by atoms with Crippen LogP contribution in [0.1, 0.15) is 11.3 Å². The van der Waals surface area contributed by atoms with E-state index < -0.39 is 0 Å². The summed E-state index contributed by atoms with van der Waals surface area (Å²) in [6, 6.07) is 13.4. The summed E-state index contributed by atoms with van der Waals surface area (Å²) >= 11 is 3.45. The van der Waals surface area contributed by atoms with Gasteiger partial charge >= 0.3 is 0 Å². The number of benzene rings is 1. The first-order valence-corrected chi connectivity index (χ1v) is 5.88. The van der Waals surface area contributed by atoms with Crippen molar-refractivity contribution in [2.45, 2.75) is 6.92 Å². The summed E-state index contributed by atoms with van der Waals surface area (Å²) in [6.07, 6.45) is 0. The molecule has 0 unspecified atom stereocenters. The molecule has 0 radical (unpaired) electrons. The number of para-hydroxylation sites is 1. The van der Waals surface area contributed by atoms with Crippen molar-refractivity contribution in [3.8, 4) is 6.07 Å². The Labute approximate surface area is 108 Å². The van der Waals surface area contributed by atoms with Gasteiger partial charge in [-0.2, -0.15) is 5.26 Å². The second kappa shape index (κ2) is 4.98. The number of nitrogens with zero attached hydrogens (tertiary/aromatic N) is 2. The third-order valence-corrected chi connectivity index (χ3v) is 2.91. The first-order chi connectivity index (χ1) is 8.19. The highest BCUT2D eigenvalue weighted by Crippen LogP contribution is 2.24. The molecule has 3 nitrogen and oxygen atoms in total. The molecule has 0 saturated heterocycles.